The van der Waals surface area contributed by atoms with E-state index in [1.54, 1.807) is 13.8 Å². The van der Waals surface area contributed by atoms with Gasteiger partial charge < -0.3 is 15.7 Å². The van der Waals surface area contributed by atoms with Crippen LogP contribution in [-0.2, 0) is 14.4 Å². The van der Waals surface area contributed by atoms with Crippen LogP contribution in [0.15, 0.2) is 0 Å². The van der Waals surface area contributed by atoms with Crippen molar-refractivity contribution >= 4 is 23.8 Å². The topological polar surface area (TPSA) is 116 Å². The molecule has 1 heterocycles. The van der Waals surface area contributed by atoms with Gasteiger partial charge in [-0.05, 0) is 25.2 Å². The van der Waals surface area contributed by atoms with Crippen LogP contribution in [0.3, 0.4) is 0 Å². The molecule has 0 aromatic rings. The van der Waals surface area contributed by atoms with E-state index in [0.717, 1.165) is 4.90 Å². The van der Waals surface area contributed by atoms with E-state index in [4.69, 9.17) is 5.11 Å². The molecular weight excluding hydrogens is 302 g/mol. The fourth-order valence-corrected chi connectivity index (χ4v) is 2.63. The van der Waals surface area contributed by atoms with Crippen molar-refractivity contribution in [3.63, 3.8) is 0 Å². The van der Waals surface area contributed by atoms with Crippen LogP contribution < -0.4 is 10.6 Å². The fraction of sp³-hybridized carbons (Fsp3) is 0.733. The van der Waals surface area contributed by atoms with Gasteiger partial charge in [0.25, 0.3) is 5.91 Å². The van der Waals surface area contributed by atoms with Crippen LogP contribution in [0, 0.1) is 5.92 Å². The maximum atomic E-state index is 12.4. The number of nitrogens with zero attached hydrogens (tertiary/aromatic N) is 1. The summed E-state index contributed by atoms with van der Waals surface area (Å²) in [5.41, 5.74) is -0.971. The summed E-state index contributed by atoms with van der Waals surface area (Å²) in [4.78, 5) is 48.4. The highest BCUT2D eigenvalue weighted by molar-refractivity contribution is 6.09. The zero-order valence-corrected chi connectivity index (χ0v) is 14.0. The van der Waals surface area contributed by atoms with E-state index >= 15 is 0 Å². The predicted octanol–water partition coefficient (Wildman–Crippen LogP) is 0.713. The molecule has 0 radical (unpaired) electrons. The van der Waals surface area contributed by atoms with Crippen LogP contribution in [0.4, 0.5) is 4.79 Å². The smallest absolute Gasteiger partial charge is 0.326 e. The summed E-state index contributed by atoms with van der Waals surface area (Å²) in [5, 5.41) is 14.1. The van der Waals surface area contributed by atoms with E-state index in [1.165, 1.54) is 0 Å². The molecule has 1 aliphatic heterocycles. The van der Waals surface area contributed by atoms with Gasteiger partial charge >= 0.3 is 12.0 Å². The van der Waals surface area contributed by atoms with Gasteiger partial charge in [-0.2, -0.15) is 0 Å². The predicted molar refractivity (Wildman–Crippen MR) is 82.6 cm³/mol. The van der Waals surface area contributed by atoms with Gasteiger partial charge in [0.15, 0.2) is 0 Å². The Labute approximate surface area is 135 Å². The monoisotopic (exact) mass is 327 g/mol. The number of urea groups is 1. The number of carboxylic acids is 1. The van der Waals surface area contributed by atoms with Crippen LogP contribution in [0.25, 0.3) is 0 Å². The lowest BCUT2D eigenvalue weighted by Gasteiger charge is -2.23. The SMILES string of the molecule is CCC1(CC)NC(=O)N(CC(=O)NC(CC(C)C)C(=O)O)C1=O. The molecule has 8 nitrogen and oxygen atoms in total. The van der Waals surface area contributed by atoms with Crippen molar-refractivity contribution in [2.75, 3.05) is 6.54 Å². The first-order chi connectivity index (χ1) is 10.7. The van der Waals surface area contributed by atoms with Crippen LogP contribution >= 0.6 is 0 Å². The minimum absolute atomic E-state index is 0.0842. The Kier molecular flexibility index (Phi) is 6.12. The minimum Gasteiger partial charge on any atom is -0.480 e. The number of rotatable bonds is 8. The summed E-state index contributed by atoms with van der Waals surface area (Å²) in [7, 11) is 0. The first kappa shape index (κ1) is 18.9. The summed E-state index contributed by atoms with van der Waals surface area (Å²) < 4.78 is 0. The van der Waals surface area contributed by atoms with E-state index in [9.17, 15) is 19.2 Å². The average molecular weight is 327 g/mol. The molecule has 0 aromatic heterocycles. The molecule has 1 atom stereocenters. The largest absolute Gasteiger partial charge is 0.480 e. The number of carboxylic acid groups (broad SMARTS) is 1. The molecular formula is C15H25N3O5. The highest BCUT2D eigenvalue weighted by atomic mass is 16.4. The number of nitrogens with one attached hydrogen (secondary N) is 2. The van der Waals surface area contributed by atoms with Gasteiger partial charge in [-0.15, -0.1) is 0 Å². The lowest BCUT2D eigenvalue weighted by atomic mass is 9.93. The first-order valence-electron chi connectivity index (χ1n) is 7.83. The van der Waals surface area contributed by atoms with E-state index in [0.29, 0.717) is 12.8 Å². The second kappa shape index (κ2) is 7.43. The third kappa shape index (κ3) is 4.20. The van der Waals surface area contributed by atoms with E-state index in [-0.39, 0.29) is 12.3 Å². The molecule has 1 aliphatic rings. The highest BCUT2D eigenvalue weighted by Crippen LogP contribution is 2.24. The zero-order valence-electron chi connectivity index (χ0n) is 14.0. The Bertz CT molecular complexity index is 499. The summed E-state index contributed by atoms with van der Waals surface area (Å²) in [6.45, 7) is 6.78. The Morgan fingerprint density at radius 1 is 1.26 bits per heavy atom. The number of aliphatic carboxylic acids is 1. The Morgan fingerprint density at radius 2 is 1.83 bits per heavy atom. The molecule has 23 heavy (non-hydrogen) atoms. The first-order valence-corrected chi connectivity index (χ1v) is 7.83. The molecule has 0 aliphatic carbocycles. The molecule has 0 aromatic carbocycles. The normalized spacial score (nSPS) is 18.0. The molecule has 4 amide bonds. The highest BCUT2D eigenvalue weighted by Gasteiger charge is 2.49. The molecule has 130 valence electrons. The van der Waals surface area contributed by atoms with Gasteiger partial charge in [0.05, 0.1) is 0 Å². The van der Waals surface area contributed by atoms with Gasteiger partial charge in [-0.25, -0.2) is 9.59 Å². The van der Waals surface area contributed by atoms with Crippen LogP contribution in [0.2, 0.25) is 0 Å². The molecule has 0 bridgehead atoms. The summed E-state index contributed by atoms with van der Waals surface area (Å²) in [5.74, 6) is -2.16. The number of imide groups is 1. The average Bonchev–Trinajstić information content (AvgIpc) is 2.70. The van der Waals surface area contributed by atoms with Crippen LogP contribution in [0.5, 0.6) is 0 Å². The quantitative estimate of drug-likeness (QED) is 0.568. The second-order valence-corrected chi connectivity index (χ2v) is 6.20. The number of carbonyl (C=O) groups excluding carboxylic acids is 3. The van der Waals surface area contributed by atoms with Crippen molar-refractivity contribution in [1.29, 1.82) is 0 Å². The van der Waals surface area contributed by atoms with Gasteiger partial charge in [0, 0.05) is 0 Å². The van der Waals surface area contributed by atoms with E-state index < -0.39 is 41.9 Å². The third-order valence-electron chi connectivity index (χ3n) is 4.10. The van der Waals surface area contributed by atoms with Crippen LogP contribution in [0.1, 0.15) is 47.0 Å². The number of amides is 4. The lowest BCUT2D eigenvalue weighted by molar-refractivity contribution is -0.142. The standard InChI is InChI=1S/C15H25N3O5/c1-5-15(6-2)13(22)18(14(23)17-15)8-11(19)16-10(12(20)21)7-9(3)4/h9-10H,5-8H2,1-4H3,(H,16,19)(H,17,23)(H,20,21). The molecule has 8 heteroatoms. The summed E-state index contributed by atoms with van der Waals surface area (Å²) in [6.07, 6.45) is 1.13. The summed E-state index contributed by atoms with van der Waals surface area (Å²) in [6, 6.07) is -1.66. The fourth-order valence-electron chi connectivity index (χ4n) is 2.63. The lowest BCUT2D eigenvalue weighted by Crippen LogP contribution is -2.49. The van der Waals surface area contributed by atoms with Gasteiger partial charge in [0.1, 0.15) is 18.1 Å². The number of hydrogen-bond donors (Lipinski definition) is 3. The maximum absolute atomic E-state index is 12.4. The minimum atomic E-state index is -1.14. The van der Waals surface area contributed by atoms with Crippen molar-refractivity contribution in [2.45, 2.75) is 58.5 Å². The second-order valence-electron chi connectivity index (χ2n) is 6.20. The molecule has 1 rings (SSSR count). The molecule has 1 fully saturated rings. The zero-order chi connectivity index (χ0) is 17.8. The molecule has 0 saturated carbocycles. The van der Waals surface area contributed by atoms with Crippen molar-refractivity contribution in [3.8, 4) is 0 Å². The van der Waals surface area contributed by atoms with Crippen molar-refractivity contribution < 1.29 is 24.3 Å². The van der Waals surface area contributed by atoms with Gasteiger partial charge in [0.2, 0.25) is 5.91 Å². The van der Waals surface area contributed by atoms with Crippen LogP contribution in [-0.4, -0.2) is 51.9 Å². The molecule has 0 spiro atoms. The number of carbonyl (C=O) groups is 4. The van der Waals surface area contributed by atoms with E-state index in [2.05, 4.69) is 10.6 Å². The van der Waals surface area contributed by atoms with Gasteiger partial charge in [-0.3, -0.25) is 14.5 Å². The maximum Gasteiger partial charge on any atom is 0.326 e. The van der Waals surface area contributed by atoms with Gasteiger partial charge in [-0.1, -0.05) is 27.7 Å². The third-order valence-corrected chi connectivity index (χ3v) is 4.10. The molecule has 1 saturated heterocycles. The molecule has 1 unspecified atom stereocenters. The Morgan fingerprint density at radius 3 is 2.22 bits per heavy atom. The van der Waals surface area contributed by atoms with Crippen molar-refractivity contribution in [2.24, 2.45) is 5.92 Å². The number of hydrogen-bond acceptors (Lipinski definition) is 4. The Balaban J connectivity index is 2.75. The van der Waals surface area contributed by atoms with Crippen molar-refractivity contribution in [3.05, 3.63) is 0 Å². The van der Waals surface area contributed by atoms with Crippen molar-refractivity contribution in [1.82, 2.24) is 15.5 Å². The van der Waals surface area contributed by atoms with E-state index in [1.807, 2.05) is 13.8 Å². The summed E-state index contributed by atoms with van der Waals surface area (Å²) >= 11 is 0. The molecule has 3 N–H and O–H groups in total. The Hall–Kier alpha value is -2.12.